The van der Waals surface area contributed by atoms with Crippen LogP contribution in [-0.4, -0.2) is 26.2 Å². The Labute approximate surface area is 129 Å². The Morgan fingerprint density at radius 3 is 2.62 bits per heavy atom. The summed E-state index contributed by atoms with van der Waals surface area (Å²) in [5.41, 5.74) is 1.31. The first kappa shape index (κ1) is 14.7. The maximum absolute atomic E-state index is 12.3. The molecule has 1 N–H and O–H groups in total. The molecule has 0 spiro atoms. The number of fused-ring (bicyclic) bond motifs is 1. The normalized spacial score (nSPS) is 23.8. The Balaban J connectivity index is 2.29. The van der Waals surface area contributed by atoms with Gasteiger partial charge in [-0.15, -0.1) is 11.3 Å². The van der Waals surface area contributed by atoms with E-state index in [-0.39, 0.29) is 5.75 Å². The van der Waals surface area contributed by atoms with E-state index < -0.39 is 15.4 Å². The number of sulfone groups is 1. The number of nitrogens with zero attached hydrogens (tertiary/aromatic N) is 1. The zero-order chi connectivity index (χ0) is 15.3. The Morgan fingerprint density at radius 1 is 1.29 bits per heavy atom. The molecule has 0 radical (unpaired) electrons. The predicted octanol–water partition coefficient (Wildman–Crippen LogP) is 2.40. The molecule has 112 valence electrons. The third-order valence-corrected chi connectivity index (χ3v) is 7.25. The van der Waals surface area contributed by atoms with Crippen LogP contribution >= 0.6 is 11.3 Å². The molecule has 1 aliphatic rings. The zero-order valence-corrected chi connectivity index (χ0v) is 13.9. The first-order valence-electron chi connectivity index (χ1n) is 6.86. The first-order valence-corrected chi connectivity index (χ1v) is 9.33. The molecule has 0 fully saturated rings. The highest BCUT2D eigenvalue weighted by atomic mass is 32.2. The zero-order valence-electron chi connectivity index (χ0n) is 12.3. The molecule has 3 rings (SSSR count). The van der Waals surface area contributed by atoms with Crippen LogP contribution in [0.25, 0.3) is 0 Å². The minimum Gasteiger partial charge on any atom is -0.305 e. The maximum Gasteiger partial charge on any atom is 0.178 e. The van der Waals surface area contributed by atoms with Crippen molar-refractivity contribution in [1.82, 2.24) is 10.3 Å². The van der Waals surface area contributed by atoms with E-state index in [1.54, 1.807) is 23.5 Å². The summed E-state index contributed by atoms with van der Waals surface area (Å²) in [6.07, 6.45) is 0.509. The van der Waals surface area contributed by atoms with E-state index in [0.717, 1.165) is 16.3 Å². The molecular weight excluding hydrogens is 304 g/mol. The fourth-order valence-corrected chi connectivity index (χ4v) is 5.68. The third-order valence-electron chi connectivity index (χ3n) is 4.25. The van der Waals surface area contributed by atoms with E-state index in [2.05, 4.69) is 10.3 Å². The molecule has 4 nitrogen and oxygen atoms in total. The van der Waals surface area contributed by atoms with Crippen LogP contribution in [0.3, 0.4) is 0 Å². The number of aromatic nitrogens is 1. The highest BCUT2D eigenvalue weighted by molar-refractivity contribution is 7.91. The van der Waals surface area contributed by atoms with Crippen molar-refractivity contribution in [2.45, 2.75) is 30.7 Å². The van der Waals surface area contributed by atoms with Crippen molar-refractivity contribution < 1.29 is 8.42 Å². The molecule has 0 amide bonds. The quantitative estimate of drug-likeness (QED) is 0.922. The molecule has 1 aromatic carbocycles. The largest absolute Gasteiger partial charge is 0.305 e. The average Bonchev–Trinajstić information content (AvgIpc) is 2.80. The minimum absolute atomic E-state index is 0.141. The van der Waals surface area contributed by atoms with Crippen LogP contribution < -0.4 is 5.32 Å². The number of nitrogens with one attached hydrogen (secondary N) is 1. The topological polar surface area (TPSA) is 59.1 Å². The van der Waals surface area contributed by atoms with Gasteiger partial charge in [0, 0.05) is 4.88 Å². The number of hydrogen-bond acceptors (Lipinski definition) is 5. The molecule has 6 heteroatoms. The van der Waals surface area contributed by atoms with Gasteiger partial charge in [0.2, 0.25) is 0 Å². The number of benzene rings is 1. The van der Waals surface area contributed by atoms with Crippen molar-refractivity contribution >= 4 is 21.2 Å². The van der Waals surface area contributed by atoms with Gasteiger partial charge < -0.3 is 5.32 Å². The van der Waals surface area contributed by atoms with Crippen molar-refractivity contribution in [2.75, 3.05) is 12.8 Å². The van der Waals surface area contributed by atoms with Gasteiger partial charge in [0.15, 0.2) is 9.84 Å². The van der Waals surface area contributed by atoms with Crippen LogP contribution in [0.15, 0.2) is 29.2 Å². The minimum atomic E-state index is -3.20. The summed E-state index contributed by atoms with van der Waals surface area (Å²) in [7, 11) is -1.32. The first-order chi connectivity index (χ1) is 9.90. The summed E-state index contributed by atoms with van der Waals surface area (Å²) in [4.78, 5) is 6.28. The summed E-state index contributed by atoms with van der Waals surface area (Å²) in [6.45, 7) is 4.04. The van der Waals surface area contributed by atoms with Gasteiger partial charge in [0.1, 0.15) is 5.01 Å². The van der Waals surface area contributed by atoms with Gasteiger partial charge in [0.05, 0.1) is 21.9 Å². The number of hydrogen-bond donors (Lipinski definition) is 1. The molecule has 1 aromatic heterocycles. The Hall–Kier alpha value is -1.24. The van der Waals surface area contributed by atoms with Crippen molar-refractivity contribution in [2.24, 2.45) is 0 Å². The molecular formula is C15H18N2O2S2. The summed E-state index contributed by atoms with van der Waals surface area (Å²) >= 11 is 1.64. The van der Waals surface area contributed by atoms with Crippen molar-refractivity contribution in [3.05, 3.63) is 45.4 Å². The molecule has 0 aliphatic carbocycles. The summed E-state index contributed by atoms with van der Waals surface area (Å²) in [5.74, 6) is 0.141. The lowest BCUT2D eigenvalue weighted by molar-refractivity contribution is 0.402. The third kappa shape index (κ3) is 2.13. The molecule has 0 saturated heterocycles. The van der Waals surface area contributed by atoms with Crippen molar-refractivity contribution in [3.8, 4) is 0 Å². The van der Waals surface area contributed by atoms with E-state index >= 15 is 0 Å². The summed E-state index contributed by atoms with van der Waals surface area (Å²) in [5, 5.41) is 4.30. The molecule has 0 bridgehead atoms. The van der Waals surface area contributed by atoms with E-state index in [0.29, 0.717) is 11.3 Å². The highest BCUT2D eigenvalue weighted by Crippen LogP contribution is 2.43. The molecule has 2 aromatic rings. The van der Waals surface area contributed by atoms with Crippen LogP contribution in [0.2, 0.25) is 0 Å². The van der Waals surface area contributed by atoms with Crippen molar-refractivity contribution in [3.63, 3.8) is 0 Å². The van der Waals surface area contributed by atoms with Crippen LogP contribution in [0.1, 0.15) is 27.6 Å². The van der Waals surface area contributed by atoms with E-state index in [4.69, 9.17) is 0 Å². The van der Waals surface area contributed by atoms with E-state index in [1.807, 2.05) is 33.0 Å². The number of thiazole rings is 1. The lowest BCUT2D eigenvalue weighted by Gasteiger charge is -2.37. The van der Waals surface area contributed by atoms with Gasteiger partial charge in [-0.2, -0.15) is 0 Å². The van der Waals surface area contributed by atoms with Gasteiger partial charge >= 0.3 is 0 Å². The molecule has 1 unspecified atom stereocenters. The molecule has 1 aliphatic heterocycles. The van der Waals surface area contributed by atoms with Gasteiger partial charge in [-0.25, -0.2) is 13.4 Å². The smallest absolute Gasteiger partial charge is 0.178 e. The lowest BCUT2D eigenvalue weighted by atomic mass is 9.87. The number of aryl methyl sites for hydroxylation is 2. The fraction of sp³-hybridized carbons (Fsp3) is 0.400. The molecule has 2 heterocycles. The second-order valence-corrected chi connectivity index (χ2v) is 8.66. The standard InChI is InChI=1S/C15H18N2O2S2/c1-10-11(2)20-14(17-10)15(16-3)8-9-21(18,19)13-7-5-4-6-12(13)15/h4-7,16H,8-9H2,1-3H3. The number of rotatable bonds is 2. The van der Waals surface area contributed by atoms with E-state index in [1.165, 1.54) is 4.88 Å². The van der Waals surface area contributed by atoms with Crippen LogP contribution in [0, 0.1) is 13.8 Å². The molecule has 21 heavy (non-hydrogen) atoms. The monoisotopic (exact) mass is 322 g/mol. The highest BCUT2D eigenvalue weighted by Gasteiger charge is 2.44. The Bertz CT molecular complexity index is 776. The van der Waals surface area contributed by atoms with Gasteiger partial charge in [-0.05, 0) is 38.9 Å². The lowest BCUT2D eigenvalue weighted by Crippen LogP contribution is -2.46. The summed E-state index contributed by atoms with van der Waals surface area (Å²) < 4.78 is 24.7. The second-order valence-electron chi connectivity index (χ2n) is 5.38. The Morgan fingerprint density at radius 2 is 2.00 bits per heavy atom. The second kappa shape index (κ2) is 4.90. The van der Waals surface area contributed by atoms with Crippen LogP contribution in [0.5, 0.6) is 0 Å². The fourth-order valence-electron chi connectivity index (χ4n) is 2.87. The van der Waals surface area contributed by atoms with E-state index in [9.17, 15) is 8.42 Å². The summed E-state index contributed by atoms with van der Waals surface area (Å²) in [6, 6.07) is 7.26. The Kier molecular flexibility index (Phi) is 3.43. The van der Waals surface area contributed by atoms with Crippen LogP contribution in [-0.2, 0) is 15.4 Å². The average molecular weight is 322 g/mol. The SMILES string of the molecule is CNC1(c2nc(C)c(C)s2)CCS(=O)(=O)c2ccccc21. The van der Waals surface area contributed by atoms with Gasteiger partial charge in [-0.3, -0.25) is 0 Å². The molecule has 1 atom stereocenters. The van der Waals surface area contributed by atoms with Gasteiger partial charge in [-0.1, -0.05) is 18.2 Å². The molecule has 0 saturated carbocycles. The van der Waals surface area contributed by atoms with Gasteiger partial charge in [0.25, 0.3) is 0 Å². The van der Waals surface area contributed by atoms with Crippen LogP contribution in [0.4, 0.5) is 0 Å². The van der Waals surface area contributed by atoms with Crippen molar-refractivity contribution in [1.29, 1.82) is 0 Å². The maximum atomic E-state index is 12.3. The predicted molar refractivity (Wildman–Crippen MR) is 84.5 cm³/mol.